The van der Waals surface area contributed by atoms with E-state index in [9.17, 15) is 19.2 Å². The molecule has 13 heteroatoms. The summed E-state index contributed by atoms with van der Waals surface area (Å²) in [4.78, 5) is 59.7. The number of piperidine rings is 2. The van der Waals surface area contributed by atoms with Gasteiger partial charge in [0.25, 0.3) is 5.91 Å². The monoisotopic (exact) mass is 681 g/mol. The maximum absolute atomic E-state index is 13.5. The number of hydrogen-bond acceptors (Lipinski definition) is 10. The number of nitrogens with zero attached hydrogens (tertiary/aromatic N) is 3. The molecule has 12 nitrogen and oxygen atoms in total. The van der Waals surface area contributed by atoms with E-state index in [0.29, 0.717) is 65.9 Å². The Morgan fingerprint density at radius 1 is 0.959 bits per heavy atom. The van der Waals surface area contributed by atoms with Gasteiger partial charge in [-0.25, -0.2) is 4.98 Å². The predicted molar refractivity (Wildman–Crippen MR) is 187 cm³/mol. The molecule has 2 saturated heterocycles. The third-order valence-corrected chi connectivity index (χ3v) is 9.02. The molecule has 3 amide bonds. The van der Waals surface area contributed by atoms with E-state index in [2.05, 4.69) is 43.4 Å². The number of amides is 3. The van der Waals surface area contributed by atoms with Crippen molar-refractivity contribution < 1.29 is 23.9 Å². The van der Waals surface area contributed by atoms with Crippen molar-refractivity contribution >= 4 is 63.9 Å². The lowest BCUT2D eigenvalue weighted by Crippen LogP contribution is -2.47. The fourth-order valence-electron chi connectivity index (χ4n) is 6.07. The third kappa shape index (κ3) is 7.81. The van der Waals surface area contributed by atoms with Crippen LogP contribution in [0.1, 0.15) is 64.8 Å². The molecule has 0 bridgehead atoms. The highest BCUT2D eigenvalue weighted by atomic mass is 35.5. The van der Waals surface area contributed by atoms with Crippen LogP contribution in [0.15, 0.2) is 72.9 Å². The van der Waals surface area contributed by atoms with Gasteiger partial charge in [-0.3, -0.25) is 24.5 Å². The van der Waals surface area contributed by atoms with Crippen LogP contribution in [0.5, 0.6) is 5.75 Å². The zero-order valence-electron chi connectivity index (χ0n) is 27.1. The number of carbonyl (C=O) groups is 4. The molecule has 1 unspecified atom stereocenters. The predicted octanol–water partition coefficient (Wildman–Crippen LogP) is 6.07. The zero-order chi connectivity index (χ0) is 34.5. The number of halogens is 1. The first kappa shape index (κ1) is 33.4. The van der Waals surface area contributed by atoms with Crippen molar-refractivity contribution in [3.63, 3.8) is 0 Å². The quantitative estimate of drug-likeness (QED) is 0.115. The van der Waals surface area contributed by atoms with Gasteiger partial charge in [-0.1, -0.05) is 35.9 Å². The number of nitrogens with one attached hydrogen (secondary N) is 4. The lowest BCUT2D eigenvalue weighted by Gasteiger charge is -2.32. The summed E-state index contributed by atoms with van der Waals surface area (Å²) >= 11 is 6.37. The second-order valence-electron chi connectivity index (χ2n) is 12.0. The molecule has 3 aromatic carbocycles. The van der Waals surface area contributed by atoms with Gasteiger partial charge in [0, 0.05) is 36.3 Å². The van der Waals surface area contributed by atoms with Gasteiger partial charge >= 0.3 is 0 Å². The van der Waals surface area contributed by atoms with E-state index in [0.717, 1.165) is 18.5 Å². The fourth-order valence-corrected chi connectivity index (χ4v) is 6.21. The summed E-state index contributed by atoms with van der Waals surface area (Å²) < 4.78 is 5.62. The molecule has 2 aliphatic rings. The second-order valence-corrected chi connectivity index (χ2v) is 12.4. The molecule has 6 rings (SSSR count). The van der Waals surface area contributed by atoms with Gasteiger partial charge in [-0.2, -0.15) is 4.98 Å². The Hall–Kier alpha value is -5.49. The number of carbonyl (C=O) groups excluding carboxylic acids is 4. The van der Waals surface area contributed by atoms with E-state index in [4.69, 9.17) is 16.3 Å². The summed E-state index contributed by atoms with van der Waals surface area (Å²) in [6.07, 6.45) is 3.90. The van der Waals surface area contributed by atoms with Crippen LogP contribution >= 0.6 is 11.6 Å². The van der Waals surface area contributed by atoms with Gasteiger partial charge in [-0.05, 0) is 80.1 Å². The lowest BCUT2D eigenvalue weighted by atomic mass is 9.89. The Morgan fingerprint density at radius 2 is 1.71 bits per heavy atom. The topological polar surface area (TPSA) is 155 Å². The minimum Gasteiger partial charge on any atom is -0.495 e. The molecular weight excluding hydrogens is 646 g/mol. The largest absolute Gasteiger partial charge is 0.495 e. The average Bonchev–Trinajstić information content (AvgIpc) is 3.11. The zero-order valence-corrected chi connectivity index (χ0v) is 27.8. The number of ketones is 1. The number of anilines is 5. The van der Waals surface area contributed by atoms with Crippen molar-refractivity contribution in [3.05, 3.63) is 94.6 Å². The Labute approximate surface area is 288 Å². The summed E-state index contributed by atoms with van der Waals surface area (Å²) in [5.41, 5.74) is 4.16. The van der Waals surface area contributed by atoms with Crippen LogP contribution in [0, 0.1) is 0 Å². The molecular formula is C36H36ClN7O5. The normalized spacial score (nSPS) is 16.5. The van der Waals surface area contributed by atoms with Gasteiger partial charge in [-0.15, -0.1) is 0 Å². The molecule has 4 N–H and O–H groups in total. The molecule has 2 aliphatic heterocycles. The molecule has 1 atom stereocenters. The number of imide groups is 1. The Morgan fingerprint density at radius 3 is 2.43 bits per heavy atom. The smallest absolute Gasteiger partial charge is 0.253 e. The van der Waals surface area contributed by atoms with E-state index < -0.39 is 6.04 Å². The molecule has 0 saturated carbocycles. The highest BCUT2D eigenvalue weighted by Gasteiger charge is 2.28. The van der Waals surface area contributed by atoms with E-state index >= 15 is 0 Å². The number of ether oxygens (including phenoxy) is 1. The first-order chi connectivity index (χ1) is 23.7. The highest BCUT2D eigenvalue weighted by Crippen LogP contribution is 2.33. The van der Waals surface area contributed by atoms with Crippen molar-refractivity contribution in [2.75, 3.05) is 36.1 Å². The molecule has 0 aliphatic carbocycles. The van der Waals surface area contributed by atoms with Gasteiger partial charge < -0.3 is 25.6 Å². The van der Waals surface area contributed by atoms with Gasteiger partial charge in [0.15, 0.2) is 11.6 Å². The van der Waals surface area contributed by atoms with E-state index in [1.54, 1.807) is 36.4 Å². The number of rotatable bonds is 10. The van der Waals surface area contributed by atoms with E-state index in [-0.39, 0.29) is 34.5 Å². The number of hydrogen-bond donors (Lipinski definition) is 4. The van der Waals surface area contributed by atoms with Crippen LogP contribution in [0.25, 0.3) is 0 Å². The van der Waals surface area contributed by atoms with Crippen molar-refractivity contribution in [2.24, 2.45) is 0 Å². The summed E-state index contributed by atoms with van der Waals surface area (Å²) in [6.45, 7) is 2.72. The summed E-state index contributed by atoms with van der Waals surface area (Å²) in [5.74, 6) is 0.612. The number of Topliss-reactive ketones (excluding diaryl/α,β-unsaturated/α-hetero) is 1. The SMILES string of the molecule is COc1cc(C(=O)N2CCC(c3ccc(NC4CCC(=O)NC4=O)cc3)CC2)ccc1Nc1ncc(Cl)c(Nc2ccccc2C(C)=O)n1. The lowest BCUT2D eigenvalue weighted by molar-refractivity contribution is -0.133. The number of benzene rings is 3. The van der Waals surface area contributed by atoms with Crippen LogP contribution in [0.4, 0.5) is 28.8 Å². The van der Waals surface area contributed by atoms with E-state index in [1.165, 1.54) is 25.8 Å². The Kier molecular flexibility index (Phi) is 10.0. The van der Waals surface area contributed by atoms with E-state index in [1.807, 2.05) is 23.1 Å². The molecule has 252 valence electrons. The molecule has 49 heavy (non-hydrogen) atoms. The maximum atomic E-state index is 13.5. The van der Waals surface area contributed by atoms with Crippen molar-refractivity contribution in [1.82, 2.24) is 20.2 Å². The van der Waals surface area contributed by atoms with Gasteiger partial charge in [0.2, 0.25) is 17.8 Å². The number of para-hydroxylation sites is 1. The van der Waals surface area contributed by atoms with Crippen LogP contribution in [-0.4, -0.2) is 64.6 Å². The van der Waals surface area contributed by atoms with Gasteiger partial charge in [0.05, 0.1) is 24.7 Å². The van der Waals surface area contributed by atoms with Crippen LogP contribution in [0.3, 0.4) is 0 Å². The fraction of sp³-hybridized carbons (Fsp3) is 0.278. The average molecular weight is 682 g/mol. The highest BCUT2D eigenvalue weighted by molar-refractivity contribution is 6.33. The summed E-state index contributed by atoms with van der Waals surface area (Å²) in [7, 11) is 1.53. The number of methoxy groups -OCH3 is 1. The Balaban J connectivity index is 1.06. The third-order valence-electron chi connectivity index (χ3n) is 8.74. The van der Waals surface area contributed by atoms with Crippen molar-refractivity contribution in [3.8, 4) is 5.75 Å². The minimum absolute atomic E-state index is 0.0783. The van der Waals surface area contributed by atoms with Crippen LogP contribution < -0.4 is 26.0 Å². The maximum Gasteiger partial charge on any atom is 0.253 e. The van der Waals surface area contributed by atoms with Crippen molar-refractivity contribution in [1.29, 1.82) is 0 Å². The second kappa shape index (κ2) is 14.7. The Bertz CT molecular complexity index is 1890. The summed E-state index contributed by atoms with van der Waals surface area (Å²) in [6, 6.07) is 19.9. The molecule has 3 heterocycles. The minimum atomic E-state index is -0.426. The first-order valence-corrected chi connectivity index (χ1v) is 16.4. The molecule has 2 fully saturated rings. The summed E-state index contributed by atoms with van der Waals surface area (Å²) in [5, 5.41) is 12.1. The number of likely N-dealkylation sites (tertiary alicyclic amines) is 1. The molecule has 0 spiro atoms. The molecule has 0 radical (unpaired) electrons. The first-order valence-electron chi connectivity index (χ1n) is 16.0. The molecule has 1 aromatic heterocycles. The van der Waals surface area contributed by atoms with Crippen LogP contribution in [0.2, 0.25) is 5.02 Å². The number of aromatic nitrogens is 2. The molecule has 4 aromatic rings. The van der Waals surface area contributed by atoms with Crippen LogP contribution in [-0.2, 0) is 9.59 Å². The van der Waals surface area contributed by atoms with Gasteiger partial charge in [0.1, 0.15) is 16.8 Å². The van der Waals surface area contributed by atoms with Crippen molar-refractivity contribution in [2.45, 2.75) is 44.6 Å². The standard InChI is InChI=1S/C36H36ClN7O5/c1-21(45)26-5-3-4-6-28(26)40-33-27(37)20-38-36(43-33)41-29-12-9-24(19-31(29)49-2)35(48)44-17-15-23(16-18-44)22-7-10-25(11-8-22)39-30-13-14-32(46)42-34(30)47/h3-12,19-20,23,30,39H,13-18H2,1-2H3,(H,42,46,47)(H2,38,40,41,43).